The zero-order valence-electron chi connectivity index (χ0n) is 8.19. The smallest absolute Gasteiger partial charge is 0.309 e. The van der Waals surface area contributed by atoms with Crippen LogP contribution in [-0.2, 0) is 9.53 Å². The normalized spacial score (nSPS) is 35.8. The summed E-state index contributed by atoms with van der Waals surface area (Å²) in [6, 6.07) is 0. The van der Waals surface area contributed by atoms with Gasteiger partial charge in [-0.2, -0.15) is 0 Å². The Balaban J connectivity index is 1.95. The predicted octanol–water partition coefficient (Wildman–Crippen LogP) is 2.15. The summed E-state index contributed by atoms with van der Waals surface area (Å²) >= 11 is 0. The van der Waals surface area contributed by atoms with E-state index in [-0.39, 0.29) is 18.0 Å². The first-order chi connectivity index (χ1) is 6.16. The van der Waals surface area contributed by atoms with Crippen molar-refractivity contribution in [2.24, 2.45) is 17.8 Å². The molecule has 2 rings (SSSR count). The summed E-state index contributed by atoms with van der Waals surface area (Å²) in [6.07, 6.45) is 6.62. The molecule has 2 heteroatoms. The third kappa shape index (κ3) is 1.62. The lowest BCUT2D eigenvalue weighted by molar-refractivity contribution is -0.153. The molecule has 2 aliphatic carbocycles. The lowest BCUT2D eigenvalue weighted by atomic mass is 9.94. The van der Waals surface area contributed by atoms with Crippen LogP contribution in [0.3, 0.4) is 0 Å². The van der Waals surface area contributed by atoms with Gasteiger partial charge in [-0.1, -0.05) is 12.2 Å². The highest BCUT2D eigenvalue weighted by Gasteiger charge is 2.40. The molecule has 3 atom stereocenters. The van der Waals surface area contributed by atoms with Gasteiger partial charge in [0.05, 0.1) is 12.0 Å². The molecule has 72 valence electrons. The number of ether oxygens (including phenoxy) is 1. The molecule has 0 unspecified atom stereocenters. The number of carbonyl (C=O) groups excluding carboxylic acids is 1. The van der Waals surface area contributed by atoms with Crippen LogP contribution >= 0.6 is 0 Å². The number of esters is 1. The zero-order valence-corrected chi connectivity index (χ0v) is 8.19. The van der Waals surface area contributed by atoms with Gasteiger partial charge in [-0.05, 0) is 38.5 Å². The Kier molecular flexibility index (Phi) is 2.14. The first-order valence-electron chi connectivity index (χ1n) is 5.05. The van der Waals surface area contributed by atoms with Crippen molar-refractivity contribution >= 4 is 5.97 Å². The maximum Gasteiger partial charge on any atom is 0.309 e. The Bertz CT molecular complexity index is 242. The zero-order chi connectivity index (χ0) is 9.42. The van der Waals surface area contributed by atoms with Crippen LogP contribution in [0.25, 0.3) is 0 Å². The molecule has 0 aliphatic heterocycles. The van der Waals surface area contributed by atoms with E-state index in [0.717, 1.165) is 12.8 Å². The first kappa shape index (κ1) is 8.79. The van der Waals surface area contributed by atoms with Crippen molar-refractivity contribution in [2.45, 2.75) is 32.8 Å². The van der Waals surface area contributed by atoms with Crippen molar-refractivity contribution < 1.29 is 9.53 Å². The Morgan fingerprint density at radius 2 is 2.15 bits per heavy atom. The monoisotopic (exact) mass is 180 g/mol. The minimum atomic E-state index is 0.00634. The van der Waals surface area contributed by atoms with Crippen molar-refractivity contribution in [3.05, 3.63) is 12.2 Å². The van der Waals surface area contributed by atoms with Gasteiger partial charge in [0.25, 0.3) is 0 Å². The highest BCUT2D eigenvalue weighted by molar-refractivity contribution is 5.74. The van der Waals surface area contributed by atoms with Crippen LogP contribution in [0.2, 0.25) is 0 Å². The summed E-state index contributed by atoms with van der Waals surface area (Å²) in [5.74, 6) is 1.27. The van der Waals surface area contributed by atoms with Crippen LogP contribution < -0.4 is 0 Å². The third-order valence-corrected chi connectivity index (χ3v) is 2.93. The van der Waals surface area contributed by atoms with Crippen molar-refractivity contribution in [1.82, 2.24) is 0 Å². The van der Waals surface area contributed by atoms with Crippen LogP contribution in [0.5, 0.6) is 0 Å². The van der Waals surface area contributed by atoms with E-state index in [1.165, 1.54) is 0 Å². The average Bonchev–Trinajstić information content (AvgIpc) is 2.62. The van der Waals surface area contributed by atoms with Crippen LogP contribution in [0.1, 0.15) is 26.7 Å². The Labute approximate surface area is 79.0 Å². The Morgan fingerprint density at radius 1 is 1.38 bits per heavy atom. The minimum Gasteiger partial charge on any atom is -0.463 e. The summed E-state index contributed by atoms with van der Waals surface area (Å²) in [5.41, 5.74) is 0. The van der Waals surface area contributed by atoms with Gasteiger partial charge in [-0.15, -0.1) is 0 Å². The van der Waals surface area contributed by atoms with E-state index in [4.69, 9.17) is 4.74 Å². The minimum absolute atomic E-state index is 0.00634. The predicted molar refractivity (Wildman–Crippen MR) is 50.1 cm³/mol. The molecule has 0 radical (unpaired) electrons. The second-order valence-corrected chi connectivity index (χ2v) is 4.37. The summed E-state index contributed by atoms with van der Waals surface area (Å²) < 4.78 is 5.21. The van der Waals surface area contributed by atoms with Gasteiger partial charge in [0.15, 0.2) is 0 Å². The number of hydrogen-bond donors (Lipinski definition) is 0. The van der Waals surface area contributed by atoms with E-state index in [0.29, 0.717) is 11.8 Å². The van der Waals surface area contributed by atoms with Crippen LogP contribution in [0.15, 0.2) is 12.2 Å². The molecule has 0 amide bonds. The standard InChI is InChI=1S/C11H16O2/c1-7(2)13-11(12)10-6-8-3-4-9(10)5-8/h3-4,7-10H,5-6H2,1-2H3/t8-,9+,10-/m1/s1. The van der Waals surface area contributed by atoms with E-state index in [9.17, 15) is 4.79 Å². The van der Waals surface area contributed by atoms with E-state index in [1.807, 2.05) is 13.8 Å². The lowest BCUT2D eigenvalue weighted by Crippen LogP contribution is -2.24. The molecule has 0 aromatic rings. The Morgan fingerprint density at radius 3 is 2.62 bits per heavy atom. The molecule has 0 saturated heterocycles. The molecule has 0 spiro atoms. The van der Waals surface area contributed by atoms with Gasteiger partial charge >= 0.3 is 5.97 Å². The lowest BCUT2D eigenvalue weighted by Gasteiger charge is -2.18. The number of carbonyl (C=O) groups is 1. The van der Waals surface area contributed by atoms with Crippen molar-refractivity contribution in [3.8, 4) is 0 Å². The largest absolute Gasteiger partial charge is 0.463 e. The van der Waals surface area contributed by atoms with Crippen LogP contribution in [0.4, 0.5) is 0 Å². The van der Waals surface area contributed by atoms with E-state index in [1.54, 1.807) is 0 Å². The molecule has 1 fully saturated rings. The quantitative estimate of drug-likeness (QED) is 0.481. The maximum absolute atomic E-state index is 11.6. The number of rotatable bonds is 2. The number of fused-ring (bicyclic) bond motifs is 2. The van der Waals surface area contributed by atoms with E-state index < -0.39 is 0 Å². The number of allylic oxidation sites excluding steroid dienone is 2. The van der Waals surface area contributed by atoms with Gasteiger partial charge in [-0.3, -0.25) is 4.79 Å². The van der Waals surface area contributed by atoms with Gasteiger partial charge < -0.3 is 4.74 Å². The van der Waals surface area contributed by atoms with Gasteiger partial charge in [0.2, 0.25) is 0 Å². The van der Waals surface area contributed by atoms with Crippen LogP contribution in [0, 0.1) is 17.8 Å². The molecule has 0 heterocycles. The second kappa shape index (κ2) is 3.17. The van der Waals surface area contributed by atoms with Gasteiger partial charge in [-0.25, -0.2) is 0 Å². The molecular formula is C11H16O2. The number of hydrogen-bond acceptors (Lipinski definition) is 2. The molecule has 13 heavy (non-hydrogen) atoms. The third-order valence-electron chi connectivity index (χ3n) is 2.93. The molecule has 0 aromatic heterocycles. The maximum atomic E-state index is 11.6. The van der Waals surface area contributed by atoms with Crippen molar-refractivity contribution in [3.63, 3.8) is 0 Å². The highest BCUT2D eigenvalue weighted by atomic mass is 16.5. The second-order valence-electron chi connectivity index (χ2n) is 4.37. The first-order valence-corrected chi connectivity index (χ1v) is 5.05. The Hall–Kier alpha value is -0.790. The van der Waals surface area contributed by atoms with E-state index >= 15 is 0 Å². The SMILES string of the molecule is CC(C)OC(=O)[C@@H]1C[C@@H]2C=C[C@H]1C2. The van der Waals surface area contributed by atoms with Gasteiger partial charge in [0.1, 0.15) is 0 Å². The summed E-state index contributed by atoms with van der Waals surface area (Å²) in [7, 11) is 0. The molecule has 2 nitrogen and oxygen atoms in total. The summed E-state index contributed by atoms with van der Waals surface area (Å²) in [5, 5.41) is 0. The summed E-state index contributed by atoms with van der Waals surface area (Å²) in [4.78, 5) is 11.6. The molecule has 2 aliphatic rings. The fourth-order valence-electron chi connectivity index (χ4n) is 2.37. The molecule has 2 bridgehead atoms. The molecule has 0 aromatic carbocycles. The average molecular weight is 180 g/mol. The molecule has 1 saturated carbocycles. The fourth-order valence-corrected chi connectivity index (χ4v) is 2.37. The van der Waals surface area contributed by atoms with Gasteiger partial charge in [0, 0.05) is 0 Å². The summed E-state index contributed by atoms with van der Waals surface area (Å²) in [6.45, 7) is 3.81. The highest BCUT2D eigenvalue weighted by Crippen LogP contribution is 2.43. The van der Waals surface area contributed by atoms with Crippen LogP contribution in [-0.4, -0.2) is 12.1 Å². The molecule has 0 N–H and O–H groups in total. The van der Waals surface area contributed by atoms with Crippen molar-refractivity contribution in [1.29, 1.82) is 0 Å². The fraction of sp³-hybridized carbons (Fsp3) is 0.727. The van der Waals surface area contributed by atoms with Crippen molar-refractivity contribution in [2.75, 3.05) is 0 Å². The molecular weight excluding hydrogens is 164 g/mol. The van der Waals surface area contributed by atoms with E-state index in [2.05, 4.69) is 12.2 Å². The topological polar surface area (TPSA) is 26.3 Å².